The van der Waals surface area contributed by atoms with Crippen LogP contribution in [0.3, 0.4) is 0 Å². The van der Waals surface area contributed by atoms with Gasteiger partial charge in [-0.2, -0.15) is 0 Å². The first-order valence-corrected chi connectivity index (χ1v) is 10.1. The Bertz CT molecular complexity index is 884. The molecule has 29 heavy (non-hydrogen) atoms. The number of alkyl halides is 2. The largest absolute Gasteiger partial charge is 0.381 e. The SMILES string of the molecule is O=C(Nc1cccc(Cl)c1)N1c2ccccc2NCC1CN1CCC(F)(F)CC1. The number of hydrogen-bond donors (Lipinski definition) is 2. The van der Waals surface area contributed by atoms with E-state index < -0.39 is 5.92 Å². The Labute approximate surface area is 173 Å². The Balaban J connectivity index is 1.55. The number of likely N-dealkylation sites (tertiary alicyclic amines) is 1. The molecule has 0 spiro atoms. The molecule has 1 saturated heterocycles. The van der Waals surface area contributed by atoms with E-state index >= 15 is 0 Å². The fourth-order valence-corrected chi connectivity index (χ4v) is 4.07. The van der Waals surface area contributed by atoms with Crippen molar-refractivity contribution in [2.24, 2.45) is 0 Å². The van der Waals surface area contributed by atoms with Crippen LogP contribution in [0.5, 0.6) is 0 Å². The lowest BCUT2D eigenvalue weighted by atomic mass is 10.0. The van der Waals surface area contributed by atoms with Gasteiger partial charge < -0.3 is 15.5 Å². The summed E-state index contributed by atoms with van der Waals surface area (Å²) in [7, 11) is 0. The van der Waals surface area contributed by atoms with Gasteiger partial charge in [0.2, 0.25) is 0 Å². The second-order valence-corrected chi connectivity index (χ2v) is 7.96. The van der Waals surface area contributed by atoms with Gasteiger partial charge in [0.05, 0.1) is 17.4 Å². The van der Waals surface area contributed by atoms with E-state index in [-0.39, 0.29) is 24.9 Å². The molecule has 0 bridgehead atoms. The van der Waals surface area contributed by atoms with Crippen LogP contribution in [0, 0.1) is 0 Å². The van der Waals surface area contributed by atoms with E-state index in [1.54, 1.807) is 29.2 Å². The highest BCUT2D eigenvalue weighted by molar-refractivity contribution is 6.30. The van der Waals surface area contributed by atoms with Crippen LogP contribution in [0.4, 0.5) is 30.6 Å². The third-order valence-electron chi connectivity index (χ3n) is 5.41. The van der Waals surface area contributed by atoms with Crippen LogP contribution in [0.2, 0.25) is 5.02 Å². The topological polar surface area (TPSA) is 47.6 Å². The zero-order chi connectivity index (χ0) is 20.4. The minimum atomic E-state index is -2.59. The van der Waals surface area contributed by atoms with Crippen molar-refractivity contribution >= 4 is 34.7 Å². The molecule has 2 aromatic carbocycles. The van der Waals surface area contributed by atoms with E-state index in [1.165, 1.54) is 0 Å². The molecule has 2 heterocycles. The molecule has 5 nitrogen and oxygen atoms in total. The highest BCUT2D eigenvalue weighted by Gasteiger charge is 2.37. The average molecular weight is 421 g/mol. The minimum Gasteiger partial charge on any atom is -0.381 e. The molecule has 2 aliphatic rings. The number of carbonyl (C=O) groups excluding carboxylic acids is 1. The number of fused-ring (bicyclic) bond motifs is 1. The molecule has 1 atom stereocenters. The number of urea groups is 1. The summed E-state index contributed by atoms with van der Waals surface area (Å²) in [5, 5.41) is 6.81. The van der Waals surface area contributed by atoms with Crippen LogP contribution in [-0.2, 0) is 0 Å². The number of amides is 2. The molecule has 0 radical (unpaired) electrons. The Morgan fingerprint density at radius 3 is 2.69 bits per heavy atom. The number of piperidine rings is 1. The van der Waals surface area contributed by atoms with E-state index in [9.17, 15) is 13.6 Å². The van der Waals surface area contributed by atoms with Gasteiger partial charge in [-0.3, -0.25) is 4.90 Å². The summed E-state index contributed by atoms with van der Waals surface area (Å²) in [6.07, 6.45) is -0.281. The zero-order valence-electron chi connectivity index (χ0n) is 15.9. The highest BCUT2D eigenvalue weighted by Crippen LogP contribution is 2.33. The molecule has 2 aromatic rings. The number of halogens is 3. The summed E-state index contributed by atoms with van der Waals surface area (Å²) in [4.78, 5) is 16.9. The van der Waals surface area contributed by atoms with Crippen molar-refractivity contribution in [3.63, 3.8) is 0 Å². The van der Waals surface area contributed by atoms with Crippen molar-refractivity contribution in [2.75, 3.05) is 41.7 Å². The Morgan fingerprint density at radius 1 is 1.17 bits per heavy atom. The van der Waals surface area contributed by atoms with Crippen LogP contribution in [-0.4, -0.2) is 49.1 Å². The van der Waals surface area contributed by atoms with E-state index in [1.807, 2.05) is 29.2 Å². The van der Waals surface area contributed by atoms with Gasteiger partial charge in [-0.25, -0.2) is 13.6 Å². The van der Waals surface area contributed by atoms with Crippen LogP contribution >= 0.6 is 11.6 Å². The summed E-state index contributed by atoms with van der Waals surface area (Å²) in [5.41, 5.74) is 2.25. The van der Waals surface area contributed by atoms with Gasteiger partial charge in [-0.15, -0.1) is 0 Å². The molecule has 0 aliphatic carbocycles. The molecule has 2 aliphatic heterocycles. The predicted octanol–water partition coefficient (Wildman–Crippen LogP) is 4.90. The van der Waals surface area contributed by atoms with Crippen molar-refractivity contribution in [1.29, 1.82) is 0 Å². The molecule has 154 valence electrons. The second-order valence-electron chi connectivity index (χ2n) is 7.52. The van der Waals surface area contributed by atoms with Gasteiger partial charge >= 0.3 is 6.03 Å². The summed E-state index contributed by atoms with van der Waals surface area (Å²) >= 11 is 6.03. The Kier molecular flexibility index (Phi) is 5.61. The van der Waals surface area contributed by atoms with E-state index in [2.05, 4.69) is 10.6 Å². The lowest BCUT2D eigenvalue weighted by Crippen LogP contribution is -2.55. The second kappa shape index (κ2) is 8.16. The van der Waals surface area contributed by atoms with Crippen molar-refractivity contribution in [2.45, 2.75) is 24.8 Å². The standard InChI is InChI=1S/C21H23ClF2N4O/c22-15-4-3-5-16(12-15)26-20(29)28-17(13-25-18-6-1-2-7-19(18)28)14-27-10-8-21(23,24)9-11-27/h1-7,12,17,25H,8-11,13-14H2,(H,26,29). The van der Waals surface area contributed by atoms with E-state index in [4.69, 9.17) is 11.6 Å². The van der Waals surface area contributed by atoms with Gasteiger partial charge in [-0.05, 0) is 30.3 Å². The van der Waals surface area contributed by atoms with Crippen LogP contribution in [0.1, 0.15) is 12.8 Å². The lowest BCUT2D eigenvalue weighted by molar-refractivity contribution is -0.0556. The third-order valence-corrected chi connectivity index (χ3v) is 5.64. The Hall–Kier alpha value is -2.38. The third kappa shape index (κ3) is 4.62. The number of nitrogens with zero attached hydrogens (tertiary/aromatic N) is 2. The van der Waals surface area contributed by atoms with Gasteiger partial charge in [0.25, 0.3) is 5.92 Å². The lowest BCUT2D eigenvalue weighted by Gasteiger charge is -2.41. The quantitative estimate of drug-likeness (QED) is 0.742. The van der Waals surface area contributed by atoms with Gasteiger partial charge in [0, 0.05) is 49.7 Å². The molecular formula is C21H23ClF2N4O. The van der Waals surface area contributed by atoms with Crippen LogP contribution < -0.4 is 15.5 Å². The summed E-state index contributed by atoms with van der Waals surface area (Å²) in [5.74, 6) is -2.59. The van der Waals surface area contributed by atoms with Crippen molar-refractivity contribution < 1.29 is 13.6 Å². The monoisotopic (exact) mass is 420 g/mol. The first-order valence-electron chi connectivity index (χ1n) is 9.70. The summed E-state index contributed by atoms with van der Waals surface area (Å²) in [6, 6.07) is 14.1. The predicted molar refractivity (Wildman–Crippen MR) is 112 cm³/mol. The molecule has 8 heteroatoms. The fraction of sp³-hybridized carbons (Fsp3) is 0.381. The molecule has 1 fully saturated rings. The smallest absolute Gasteiger partial charge is 0.326 e. The number of nitrogens with one attached hydrogen (secondary N) is 2. The van der Waals surface area contributed by atoms with Crippen molar-refractivity contribution in [1.82, 2.24) is 4.90 Å². The number of para-hydroxylation sites is 2. The van der Waals surface area contributed by atoms with Gasteiger partial charge in [0.15, 0.2) is 0 Å². The number of benzene rings is 2. The number of anilines is 3. The highest BCUT2D eigenvalue weighted by atomic mass is 35.5. The molecule has 0 aromatic heterocycles. The maximum absolute atomic E-state index is 13.5. The first kappa shape index (κ1) is 19.9. The van der Waals surface area contributed by atoms with Crippen LogP contribution in [0.15, 0.2) is 48.5 Å². The van der Waals surface area contributed by atoms with Crippen LogP contribution in [0.25, 0.3) is 0 Å². The van der Waals surface area contributed by atoms with Crippen molar-refractivity contribution in [3.05, 3.63) is 53.6 Å². The zero-order valence-corrected chi connectivity index (χ0v) is 16.6. The molecule has 1 unspecified atom stereocenters. The number of rotatable bonds is 3. The Morgan fingerprint density at radius 2 is 1.93 bits per heavy atom. The normalized spacial score (nSPS) is 21.2. The summed E-state index contributed by atoms with van der Waals surface area (Å²) < 4.78 is 27.0. The maximum Gasteiger partial charge on any atom is 0.326 e. The maximum atomic E-state index is 13.5. The molecular weight excluding hydrogens is 398 g/mol. The minimum absolute atomic E-state index is 0.140. The fourth-order valence-electron chi connectivity index (χ4n) is 3.88. The number of hydrogen-bond acceptors (Lipinski definition) is 3. The number of carbonyl (C=O) groups is 1. The average Bonchev–Trinajstić information content (AvgIpc) is 2.69. The van der Waals surface area contributed by atoms with E-state index in [0.717, 1.165) is 11.4 Å². The summed E-state index contributed by atoms with van der Waals surface area (Å²) in [6.45, 7) is 1.73. The molecule has 4 rings (SSSR count). The van der Waals surface area contributed by atoms with Crippen molar-refractivity contribution in [3.8, 4) is 0 Å². The molecule has 2 amide bonds. The van der Waals surface area contributed by atoms with Gasteiger partial charge in [-0.1, -0.05) is 29.8 Å². The van der Waals surface area contributed by atoms with Gasteiger partial charge in [0.1, 0.15) is 0 Å². The first-order chi connectivity index (χ1) is 13.9. The molecule has 2 N–H and O–H groups in total. The molecule has 0 saturated carbocycles. The van der Waals surface area contributed by atoms with E-state index in [0.29, 0.717) is 36.9 Å².